The maximum Gasteiger partial charge on any atom is 0.339 e. The van der Waals surface area contributed by atoms with Crippen molar-refractivity contribution in [3.63, 3.8) is 0 Å². The van der Waals surface area contributed by atoms with Gasteiger partial charge in [-0.3, -0.25) is 4.98 Å². The van der Waals surface area contributed by atoms with Crippen LogP contribution >= 0.6 is 0 Å². The molecule has 3 atom stereocenters. The molecule has 2 aliphatic heterocycles. The maximum absolute atomic E-state index is 12.3. The van der Waals surface area contributed by atoms with E-state index in [1.165, 1.54) is 6.20 Å². The van der Waals surface area contributed by atoms with Crippen LogP contribution in [0.2, 0.25) is 0 Å². The molecule has 3 rings (SSSR count). The summed E-state index contributed by atoms with van der Waals surface area (Å²) in [5, 5.41) is 0. The topological polar surface area (TPSA) is 60.9 Å². The van der Waals surface area contributed by atoms with Gasteiger partial charge in [0.1, 0.15) is 24.6 Å². The van der Waals surface area contributed by atoms with E-state index in [-0.39, 0.29) is 25.0 Å². The molecule has 1 unspecified atom stereocenters. The highest BCUT2D eigenvalue weighted by atomic mass is 16.6. The molecule has 6 heteroatoms. The standard InChI is InChI=1S/C20H30N2O4/c1-14(2)8-17-22-18(9-15(3)4)25-12-20(22,11-24-17)13-26-19(23)16-6-5-7-21-10-16/h5-7,10,14-15,17-18H,8-9,11-13H2,1-4H3/t17-,18+,20?. The molecule has 1 aromatic heterocycles. The number of aromatic nitrogens is 1. The van der Waals surface area contributed by atoms with Gasteiger partial charge in [-0.1, -0.05) is 27.7 Å². The molecule has 6 nitrogen and oxygen atoms in total. The van der Waals surface area contributed by atoms with E-state index in [4.69, 9.17) is 14.2 Å². The van der Waals surface area contributed by atoms with Gasteiger partial charge in [0.2, 0.25) is 0 Å². The second kappa shape index (κ2) is 8.03. The maximum atomic E-state index is 12.3. The minimum atomic E-state index is -0.392. The summed E-state index contributed by atoms with van der Waals surface area (Å²) in [6, 6.07) is 3.44. The van der Waals surface area contributed by atoms with Gasteiger partial charge in [0.05, 0.1) is 18.8 Å². The molecule has 0 aromatic carbocycles. The van der Waals surface area contributed by atoms with Gasteiger partial charge in [0, 0.05) is 12.4 Å². The zero-order valence-corrected chi connectivity index (χ0v) is 16.2. The van der Waals surface area contributed by atoms with Crippen LogP contribution in [0.1, 0.15) is 50.9 Å². The smallest absolute Gasteiger partial charge is 0.339 e. The predicted octanol–water partition coefficient (Wildman–Crippen LogP) is 3.08. The summed E-state index contributed by atoms with van der Waals surface area (Å²) < 4.78 is 17.9. The predicted molar refractivity (Wildman–Crippen MR) is 97.5 cm³/mol. The lowest BCUT2D eigenvalue weighted by Crippen LogP contribution is -2.52. The van der Waals surface area contributed by atoms with Gasteiger partial charge >= 0.3 is 5.97 Å². The second-order valence-electron chi connectivity index (χ2n) is 8.24. The Morgan fingerprint density at radius 3 is 2.35 bits per heavy atom. The summed E-state index contributed by atoms with van der Waals surface area (Å²) >= 11 is 0. The Labute approximate surface area is 155 Å². The summed E-state index contributed by atoms with van der Waals surface area (Å²) in [6.07, 6.45) is 5.07. The van der Waals surface area contributed by atoms with Crippen LogP contribution in [-0.4, -0.2) is 53.7 Å². The first-order valence-corrected chi connectivity index (χ1v) is 9.50. The Morgan fingerprint density at radius 1 is 1.23 bits per heavy atom. The zero-order valence-electron chi connectivity index (χ0n) is 16.2. The van der Waals surface area contributed by atoms with Crippen molar-refractivity contribution in [3.05, 3.63) is 30.1 Å². The first kappa shape index (κ1) is 19.3. The number of pyridine rings is 1. The average Bonchev–Trinajstić information content (AvgIpc) is 3.12. The third-order valence-corrected chi connectivity index (χ3v) is 4.97. The van der Waals surface area contributed by atoms with Crippen molar-refractivity contribution in [3.8, 4) is 0 Å². The van der Waals surface area contributed by atoms with Crippen LogP contribution in [0.15, 0.2) is 24.5 Å². The van der Waals surface area contributed by atoms with Crippen LogP contribution < -0.4 is 0 Å². The number of esters is 1. The van der Waals surface area contributed by atoms with Crippen molar-refractivity contribution in [2.45, 2.75) is 58.5 Å². The fourth-order valence-electron chi connectivity index (χ4n) is 3.74. The zero-order chi connectivity index (χ0) is 18.7. The molecular formula is C20H30N2O4. The molecule has 0 N–H and O–H groups in total. The molecule has 2 fully saturated rings. The minimum absolute atomic E-state index is 0.0124. The molecule has 0 radical (unpaired) electrons. The minimum Gasteiger partial charge on any atom is -0.460 e. The van der Waals surface area contributed by atoms with Crippen LogP contribution in [0.3, 0.4) is 0 Å². The van der Waals surface area contributed by atoms with Gasteiger partial charge in [-0.2, -0.15) is 0 Å². The number of rotatable bonds is 7. The van der Waals surface area contributed by atoms with E-state index in [9.17, 15) is 4.79 Å². The van der Waals surface area contributed by atoms with Gasteiger partial charge in [-0.05, 0) is 36.8 Å². The molecule has 144 valence electrons. The molecule has 26 heavy (non-hydrogen) atoms. The van der Waals surface area contributed by atoms with E-state index in [0.717, 1.165) is 12.8 Å². The van der Waals surface area contributed by atoms with E-state index in [1.807, 2.05) is 0 Å². The van der Waals surface area contributed by atoms with Crippen molar-refractivity contribution in [2.24, 2.45) is 11.8 Å². The number of hydrogen-bond donors (Lipinski definition) is 0. The Kier molecular flexibility index (Phi) is 5.95. The molecular weight excluding hydrogens is 332 g/mol. The lowest BCUT2D eigenvalue weighted by molar-refractivity contribution is -0.0739. The number of fused-ring (bicyclic) bond motifs is 1. The van der Waals surface area contributed by atoms with Gasteiger partial charge in [0.25, 0.3) is 0 Å². The van der Waals surface area contributed by atoms with Gasteiger partial charge in [-0.25, -0.2) is 9.69 Å². The third kappa shape index (κ3) is 4.08. The Bertz CT molecular complexity index is 583. The normalized spacial score (nSPS) is 28.7. The van der Waals surface area contributed by atoms with E-state index >= 15 is 0 Å². The number of hydrogen-bond acceptors (Lipinski definition) is 6. The number of carbonyl (C=O) groups excluding carboxylic acids is 1. The summed E-state index contributed by atoms with van der Waals surface area (Å²) in [4.78, 5) is 18.6. The fraction of sp³-hybridized carbons (Fsp3) is 0.700. The van der Waals surface area contributed by atoms with Crippen molar-refractivity contribution >= 4 is 5.97 Å². The summed E-state index contributed by atoms with van der Waals surface area (Å²) in [6.45, 7) is 10.1. The number of nitrogens with zero attached hydrogens (tertiary/aromatic N) is 2. The van der Waals surface area contributed by atoms with Crippen LogP contribution in [0, 0.1) is 11.8 Å². The van der Waals surface area contributed by atoms with Crippen LogP contribution in [0.5, 0.6) is 0 Å². The SMILES string of the molecule is CC(C)C[C@@H]1OCC2(COC(=O)c3cccnc3)CO[C@H](CC(C)C)N12. The largest absolute Gasteiger partial charge is 0.460 e. The van der Waals surface area contributed by atoms with Gasteiger partial charge in [0.15, 0.2) is 0 Å². The van der Waals surface area contributed by atoms with E-state index < -0.39 is 5.54 Å². The summed E-state index contributed by atoms with van der Waals surface area (Å²) in [5.41, 5.74) is 0.0718. The molecule has 2 aliphatic rings. The highest BCUT2D eigenvalue weighted by molar-refractivity contribution is 5.88. The van der Waals surface area contributed by atoms with Gasteiger partial charge in [-0.15, -0.1) is 0 Å². The van der Waals surface area contributed by atoms with Crippen LogP contribution in [-0.2, 0) is 14.2 Å². The highest BCUT2D eigenvalue weighted by Gasteiger charge is 2.56. The summed E-state index contributed by atoms with van der Waals surface area (Å²) in [7, 11) is 0. The van der Waals surface area contributed by atoms with Crippen molar-refractivity contribution < 1.29 is 19.0 Å². The lowest BCUT2D eigenvalue weighted by atomic mass is 10.00. The Balaban J connectivity index is 1.72. The first-order chi connectivity index (χ1) is 12.4. The molecule has 0 spiro atoms. The molecule has 1 aromatic rings. The quantitative estimate of drug-likeness (QED) is 0.695. The van der Waals surface area contributed by atoms with E-state index in [0.29, 0.717) is 30.6 Å². The third-order valence-electron chi connectivity index (χ3n) is 4.97. The molecule has 0 saturated carbocycles. The lowest BCUT2D eigenvalue weighted by Gasteiger charge is -2.34. The summed E-state index contributed by atoms with van der Waals surface area (Å²) in [5.74, 6) is 0.690. The van der Waals surface area contributed by atoms with Crippen LogP contribution in [0.4, 0.5) is 0 Å². The van der Waals surface area contributed by atoms with Crippen molar-refractivity contribution in [1.29, 1.82) is 0 Å². The Hall–Kier alpha value is -1.50. The number of ether oxygens (including phenoxy) is 3. The van der Waals surface area contributed by atoms with E-state index in [2.05, 4.69) is 37.6 Å². The van der Waals surface area contributed by atoms with Gasteiger partial charge < -0.3 is 14.2 Å². The van der Waals surface area contributed by atoms with Crippen molar-refractivity contribution in [2.75, 3.05) is 19.8 Å². The van der Waals surface area contributed by atoms with Crippen molar-refractivity contribution in [1.82, 2.24) is 9.88 Å². The monoisotopic (exact) mass is 362 g/mol. The highest BCUT2D eigenvalue weighted by Crippen LogP contribution is 2.40. The Morgan fingerprint density at radius 2 is 1.85 bits per heavy atom. The molecule has 0 amide bonds. The van der Waals surface area contributed by atoms with Crippen LogP contribution in [0.25, 0.3) is 0 Å². The molecule has 2 saturated heterocycles. The van der Waals surface area contributed by atoms with E-state index in [1.54, 1.807) is 18.3 Å². The molecule has 3 heterocycles. The first-order valence-electron chi connectivity index (χ1n) is 9.50. The number of carbonyl (C=O) groups is 1. The second-order valence-corrected chi connectivity index (χ2v) is 8.24. The average molecular weight is 362 g/mol. The molecule has 0 aliphatic carbocycles. The fourth-order valence-corrected chi connectivity index (χ4v) is 3.74. The molecule has 0 bridgehead atoms.